The number of nitrogens with one attached hydrogen (secondary N) is 1. The van der Waals surface area contributed by atoms with Gasteiger partial charge >= 0.3 is 5.97 Å². The summed E-state index contributed by atoms with van der Waals surface area (Å²) in [5, 5.41) is 33.9. The van der Waals surface area contributed by atoms with E-state index in [2.05, 4.69) is 83.6 Å². The average molecular weight is 754 g/mol. The Morgan fingerprint density at radius 3 is 2.55 bits per heavy atom. The molecule has 0 bridgehead atoms. The van der Waals surface area contributed by atoms with Crippen LogP contribution in [0.15, 0.2) is 53.8 Å². The maximum atomic E-state index is 12.7. The topological polar surface area (TPSA) is 115 Å². The zero-order valence-corrected chi connectivity index (χ0v) is 35.2. The van der Waals surface area contributed by atoms with Crippen LogP contribution < -0.4 is 10.1 Å². The van der Waals surface area contributed by atoms with Crippen LogP contribution in [0.2, 0.25) is 0 Å². The van der Waals surface area contributed by atoms with Gasteiger partial charge in [0.1, 0.15) is 23.7 Å². The summed E-state index contributed by atoms with van der Waals surface area (Å²) in [6, 6.07) is 5.43. The predicted octanol–water partition coefficient (Wildman–Crippen LogP) is 10.5. The monoisotopic (exact) mass is 754 g/mol. The maximum absolute atomic E-state index is 12.7. The maximum Gasteiger partial charge on any atom is 0.313 e. The van der Waals surface area contributed by atoms with Crippen LogP contribution in [0.4, 0.5) is 0 Å². The second kappa shape index (κ2) is 16.1. The molecule has 1 aromatic heterocycles. The molecule has 7 heteroatoms. The van der Waals surface area contributed by atoms with Crippen LogP contribution in [-0.4, -0.2) is 46.5 Å². The molecule has 0 saturated heterocycles. The molecule has 6 rings (SSSR count). The van der Waals surface area contributed by atoms with Crippen LogP contribution in [0.1, 0.15) is 144 Å². The van der Waals surface area contributed by atoms with E-state index in [0.717, 1.165) is 19.4 Å². The number of nitriles is 1. The molecule has 0 aromatic carbocycles. The number of carboxylic acids is 1. The van der Waals surface area contributed by atoms with E-state index in [1.165, 1.54) is 74.5 Å². The number of aliphatic hydroxyl groups is 1. The summed E-state index contributed by atoms with van der Waals surface area (Å²) in [6.07, 6.45) is 21.3. The number of carboxylic acid groups (broad SMARTS) is 1. The van der Waals surface area contributed by atoms with E-state index in [0.29, 0.717) is 54.4 Å². The van der Waals surface area contributed by atoms with Crippen molar-refractivity contribution >= 4 is 5.97 Å². The molecule has 4 saturated carbocycles. The molecule has 55 heavy (non-hydrogen) atoms. The number of aliphatic carboxylic acids is 1. The molecule has 11 atom stereocenters. The molecule has 5 aliphatic carbocycles. The lowest BCUT2D eigenvalue weighted by Gasteiger charge is -2.71. The van der Waals surface area contributed by atoms with E-state index in [9.17, 15) is 20.3 Å². The van der Waals surface area contributed by atoms with Gasteiger partial charge in [0.05, 0.1) is 0 Å². The lowest BCUT2D eigenvalue weighted by Crippen LogP contribution is -2.67. The number of aromatic nitrogens is 1. The number of pyridine rings is 1. The smallest absolute Gasteiger partial charge is 0.313 e. The average Bonchev–Trinajstić information content (AvgIpc) is 3.57. The Bertz CT molecular complexity index is 1700. The molecule has 0 aliphatic heterocycles. The van der Waals surface area contributed by atoms with Crippen molar-refractivity contribution < 1.29 is 19.7 Å². The molecule has 3 N–H and O–H groups in total. The van der Waals surface area contributed by atoms with E-state index in [1.54, 1.807) is 18.3 Å². The molecule has 0 amide bonds. The van der Waals surface area contributed by atoms with Crippen LogP contribution >= 0.6 is 0 Å². The van der Waals surface area contributed by atoms with Gasteiger partial charge < -0.3 is 20.3 Å². The molecule has 7 nitrogen and oxygen atoms in total. The first kappa shape index (κ1) is 41.7. The van der Waals surface area contributed by atoms with Crippen molar-refractivity contribution in [3.8, 4) is 11.9 Å². The Labute approximate surface area is 332 Å². The number of allylic oxidation sites excluding steroid dienone is 5. The number of carbonyl (C=O) groups is 1. The Hall–Kier alpha value is -2.95. The first-order valence-electron chi connectivity index (χ1n) is 21.8. The van der Waals surface area contributed by atoms with Crippen LogP contribution in [0.3, 0.4) is 0 Å². The van der Waals surface area contributed by atoms with Gasteiger partial charge in [0, 0.05) is 24.9 Å². The number of hydrogen-bond acceptors (Lipinski definition) is 6. The lowest BCUT2D eigenvalue weighted by molar-refractivity contribution is -0.210. The number of aliphatic hydroxyl groups excluding tert-OH is 1. The minimum Gasteiger partial charge on any atom is -0.481 e. The zero-order valence-electron chi connectivity index (χ0n) is 35.2. The third-order valence-corrected chi connectivity index (χ3v) is 17.2. The fourth-order valence-corrected chi connectivity index (χ4v) is 13.5. The van der Waals surface area contributed by atoms with E-state index < -0.39 is 11.4 Å². The summed E-state index contributed by atoms with van der Waals surface area (Å²) in [6.45, 7) is 22.8. The number of rotatable bonds is 14. The van der Waals surface area contributed by atoms with Crippen molar-refractivity contribution in [3.63, 3.8) is 0 Å². The molecule has 5 aliphatic rings. The van der Waals surface area contributed by atoms with Crippen LogP contribution in [0, 0.1) is 68.5 Å². The summed E-state index contributed by atoms with van der Waals surface area (Å²) in [5.41, 5.74) is 4.17. The zero-order chi connectivity index (χ0) is 39.8. The number of fused-ring (bicyclic) bond motifs is 5. The molecule has 1 aromatic rings. The molecule has 0 radical (unpaired) electrons. The predicted molar refractivity (Wildman–Crippen MR) is 220 cm³/mol. The molecule has 2 unspecified atom stereocenters. The quantitative estimate of drug-likeness (QED) is 0.162. The van der Waals surface area contributed by atoms with Gasteiger partial charge in [-0.2, -0.15) is 5.26 Å². The molecule has 0 spiro atoms. The third kappa shape index (κ3) is 7.15. The standard InChI is InChI=1S/C48H71N3O4/c1-9-34(35-16-22-47(23-17-35,43(53)54)31-55-42-36(28-49)12-11-27-50-42)15-20-44(6)37(10-2)18-21-46(8)40(44)14-13-39-41-38(32(3)4)19-24-48(41,26-25-45(39,46)7)51-29-33(5)30-52/h11-12,15-16,27,33,37-41,51-52H,3,9-10,13-14,17-26,29-31H2,1-2,4-8H3,(H,53,54)/b34-15+/t33-,37?,38-,39+,40?,41+,44-,45+,46+,47-,48-/m0/s1. The second-order valence-corrected chi connectivity index (χ2v) is 19.6. The highest BCUT2D eigenvalue weighted by atomic mass is 16.5. The highest BCUT2D eigenvalue weighted by molar-refractivity contribution is 5.75. The third-order valence-electron chi connectivity index (χ3n) is 17.2. The summed E-state index contributed by atoms with van der Waals surface area (Å²) in [5.74, 6) is 2.78. The van der Waals surface area contributed by atoms with Crippen molar-refractivity contribution in [3.05, 3.63) is 59.3 Å². The summed E-state index contributed by atoms with van der Waals surface area (Å²) in [4.78, 5) is 16.9. The van der Waals surface area contributed by atoms with Crippen LogP contribution in [-0.2, 0) is 4.79 Å². The van der Waals surface area contributed by atoms with Gasteiger partial charge in [-0.1, -0.05) is 72.3 Å². The molecule has 302 valence electrons. The van der Waals surface area contributed by atoms with Gasteiger partial charge in [0.25, 0.3) is 0 Å². The molecule has 4 fully saturated rings. The Balaban J connectivity index is 1.24. The highest BCUT2D eigenvalue weighted by Crippen LogP contribution is 2.74. The van der Waals surface area contributed by atoms with Gasteiger partial charge in [0.2, 0.25) is 5.88 Å². The fourth-order valence-electron chi connectivity index (χ4n) is 13.5. The van der Waals surface area contributed by atoms with Crippen molar-refractivity contribution in [2.24, 2.45) is 57.2 Å². The summed E-state index contributed by atoms with van der Waals surface area (Å²) >= 11 is 0. The van der Waals surface area contributed by atoms with Gasteiger partial charge in [-0.05, 0) is 165 Å². The van der Waals surface area contributed by atoms with Crippen LogP contribution in [0.25, 0.3) is 0 Å². The molecule has 1 heterocycles. The normalized spacial score (nSPS) is 39.1. The van der Waals surface area contributed by atoms with Crippen LogP contribution in [0.5, 0.6) is 5.88 Å². The van der Waals surface area contributed by atoms with Crippen molar-refractivity contribution in [1.82, 2.24) is 10.3 Å². The number of ether oxygens (including phenoxy) is 1. The first-order chi connectivity index (χ1) is 26.2. The lowest BCUT2D eigenvalue weighted by atomic mass is 9.34. The number of hydrogen-bond donors (Lipinski definition) is 3. The Kier molecular flexibility index (Phi) is 12.2. The second-order valence-electron chi connectivity index (χ2n) is 19.6. The SMILES string of the molecule is C=C(C)[C@@H]1CC[C@]2(NC[C@H](C)CO)CC[C@]3(C)[C@H](CCC4[C@@](C)(C/C=C(\CC)C5=CC[C@](COc6ncccc6C#N)(C(=O)O)CC5)C(CC)CC[C@]43C)[C@@H]12. The van der Waals surface area contributed by atoms with Crippen molar-refractivity contribution in [2.75, 3.05) is 19.8 Å². The van der Waals surface area contributed by atoms with Crippen molar-refractivity contribution in [1.29, 1.82) is 5.26 Å². The molecular formula is C48H71N3O4. The van der Waals surface area contributed by atoms with Gasteiger partial charge in [-0.15, -0.1) is 0 Å². The first-order valence-corrected chi connectivity index (χ1v) is 21.8. The summed E-state index contributed by atoms with van der Waals surface area (Å²) < 4.78 is 5.92. The summed E-state index contributed by atoms with van der Waals surface area (Å²) in [7, 11) is 0. The van der Waals surface area contributed by atoms with E-state index in [4.69, 9.17) is 4.74 Å². The Morgan fingerprint density at radius 2 is 1.91 bits per heavy atom. The largest absolute Gasteiger partial charge is 0.481 e. The molecular weight excluding hydrogens is 683 g/mol. The number of nitrogens with zero attached hydrogens (tertiary/aromatic N) is 2. The van der Waals surface area contributed by atoms with E-state index in [1.807, 2.05) is 0 Å². The highest BCUT2D eigenvalue weighted by Gasteiger charge is 2.69. The van der Waals surface area contributed by atoms with Gasteiger partial charge in [-0.25, -0.2) is 4.98 Å². The van der Waals surface area contributed by atoms with Gasteiger partial charge in [-0.3, -0.25) is 4.79 Å². The Morgan fingerprint density at radius 1 is 1.13 bits per heavy atom. The van der Waals surface area contributed by atoms with Gasteiger partial charge in [0.15, 0.2) is 0 Å². The fraction of sp³-hybridized carbons (Fsp3) is 0.729. The minimum absolute atomic E-state index is 0.00775. The minimum atomic E-state index is -1.04. The van der Waals surface area contributed by atoms with Crippen molar-refractivity contribution in [2.45, 2.75) is 144 Å². The van der Waals surface area contributed by atoms with E-state index >= 15 is 0 Å². The van der Waals surface area contributed by atoms with E-state index in [-0.39, 0.29) is 46.8 Å².